The highest BCUT2D eigenvalue weighted by Crippen LogP contribution is 2.31. The molecule has 2 aromatic heterocycles. The van der Waals surface area contributed by atoms with Gasteiger partial charge in [-0.3, -0.25) is 4.79 Å². The van der Waals surface area contributed by atoms with Crippen molar-refractivity contribution in [2.75, 3.05) is 0 Å². The molecule has 0 amide bonds. The molecule has 2 heterocycles. The lowest BCUT2D eigenvalue weighted by Gasteiger charge is -1.86. The highest BCUT2D eigenvalue weighted by atomic mass is 35.5. The van der Waals surface area contributed by atoms with E-state index < -0.39 is 0 Å². The molecular weight excluding hydrogens is 238 g/mol. The van der Waals surface area contributed by atoms with Crippen molar-refractivity contribution in [3.63, 3.8) is 0 Å². The van der Waals surface area contributed by atoms with Gasteiger partial charge in [-0.1, -0.05) is 11.6 Å². The molecule has 0 aromatic carbocycles. The fourth-order valence-corrected chi connectivity index (χ4v) is 2.99. The first-order valence-electron chi connectivity index (χ1n) is 3.87. The number of ketones is 1. The second-order valence-corrected chi connectivity index (χ2v) is 4.93. The van der Waals surface area contributed by atoms with E-state index in [1.807, 2.05) is 11.4 Å². The van der Waals surface area contributed by atoms with E-state index in [0.29, 0.717) is 10.7 Å². The molecule has 0 aliphatic heterocycles. The summed E-state index contributed by atoms with van der Waals surface area (Å²) in [6.45, 7) is 1.51. The van der Waals surface area contributed by atoms with Gasteiger partial charge in [-0.25, -0.2) is 4.98 Å². The Hall–Kier alpha value is -0.710. The van der Waals surface area contributed by atoms with Gasteiger partial charge in [0.05, 0.1) is 9.90 Å². The lowest BCUT2D eigenvalue weighted by Crippen LogP contribution is -1.90. The van der Waals surface area contributed by atoms with Gasteiger partial charge in [0.1, 0.15) is 10.7 Å². The van der Waals surface area contributed by atoms with Crippen LogP contribution in [0.25, 0.3) is 9.88 Å². The number of rotatable bonds is 2. The molecule has 72 valence electrons. The number of nitrogens with zero attached hydrogens (tertiary/aromatic N) is 1. The van der Waals surface area contributed by atoms with E-state index in [2.05, 4.69) is 4.98 Å². The summed E-state index contributed by atoms with van der Waals surface area (Å²) in [6.07, 6.45) is 0. The van der Waals surface area contributed by atoms with Crippen LogP contribution in [0, 0.1) is 0 Å². The molecule has 14 heavy (non-hydrogen) atoms. The Morgan fingerprint density at radius 3 is 2.71 bits per heavy atom. The maximum absolute atomic E-state index is 11.0. The van der Waals surface area contributed by atoms with Gasteiger partial charge in [-0.15, -0.1) is 22.7 Å². The third kappa shape index (κ3) is 1.87. The van der Waals surface area contributed by atoms with Crippen LogP contribution < -0.4 is 0 Å². The van der Waals surface area contributed by atoms with Gasteiger partial charge in [0.15, 0.2) is 5.78 Å². The predicted molar refractivity (Wildman–Crippen MR) is 60.4 cm³/mol. The molecular formula is C9H6ClNOS2. The first kappa shape index (κ1) is 9.83. The molecule has 2 aromatic rings. The van der Waals surface area contributed by atoms with Gasteiger partial charge in [0, 0.05) is 17.7 Å². The summed E-state index contributed by atoms with van der Waals surface area (Å²) in [7, 11) is 0. The average Bonchev–Trinajstić information content (AvgIpc) is 2.70. The Bertz CT molecular complexity index is 475. The van der Waals surface area contributed by atoms with Crippen LogP contribution in [-0.2, 0) is 0 Å². The maximum atomic E-state index is 11.0. The molecule has 0 aliphatic carbocycles. The normalized spacial score (nSPS) is 10.4. The van der Waals surface area contributed by atoms with Crippen LogP contribution >= 0.6 is 34.3 Å². The van der Waals surface area contributed by atoms with E-state index in [4.69, 9.17) is 11.6 Å². The van der Waals surface area contributed by atoms with Crippen molar-refractivity contribution in [3.05, 3.63) is 27.5 Å². The van der Waals surface area contributed by atoms with Crippen LogP contribution in [0.2, 0.25) is 5.02 Å². The number of hydrogen-bond acceptors (Lipinski definition) is 4. The minimum atomic E-state index is -0.00449. The zero-order chi connectivity index (χ0) is 10.1. The first-order valence-corrected chi connectivity index (χ1v) is 6.01. The smallest absolute Gasteiger partial charge is 0.178 e. The van der Waals surface area contributed by atoms with E-state index in [-0.39, 0.29) is 5.78 Å². The molecule has 0 radical (unpaired) electrons. The van der Waals surface area contributed by atoms with Crippen molar-refractivity contribution < 1.29 is 4.79 Å². The Kier molecular flexibility index (Phi) is 2.67. The molecule has 0 aliphatic rings. The van der Waals surface area contributed by atoms with Gasteiger partial charge in [-0.2, -0.15) is 0 Å². The quantitative estimate of drug-likeness (QED) is 0.753. The third-order valence-electron chi connectivity index (χ3n) is 1.64. The van der Waals surface area contributed by atoms with Gasteiger partial charge >= 0.3 is 0 Å². The summed E-state index contributed by atoms with van der Waals surface area (Å²) in [4.78, 5) is 16.2. The van der Waals surface area contributed by atoms with Crippen LogP contribution in [0.3, 0.4) is 0 Å². The fourth-order valence-electron chi connectivity index (χ4n) is 0.974. The van der Waals surface area contributed by atoms with E-state index in [1.165, 1.54) is 29.6 Å². The van der Waals surface area contributed by atoms with E-state index >= 15 is 0 Å². The monoisotopic (exact) mass is 243 g/mol. The van der Waals surface area contributed by atoms with Crippen LogP contribution in [0.1, 0.15) is 17.4 Å². The number of carbonyl (C=O) groups is 1. The largest absolute Gasteiger partial charge is 0.293 e. The van der Waals surface area contributed by atoms with Crippen molar-refractivity contribution in [1.82, 2.24) is 4.98 Å². The maximum Gasteiger partial charge on any atom is 0.178 e. The zero-order valence-electron chi connectivity index (χ0n) is 7.28. The standard InChI is InChI=1S/C9H6ClNOS2/c1-5(12)7-4-14-9(11-7)8-2-6(10)3-13-8/h2-4H,1H3. The molecule has 0 atom stereocenters. The zero-order valence-corrected chi connectivity index (χ0v) is 9.67. The number of Topliss-reactive ketones (excluding diaryl/α,β-unsaturated/α-hetero) is 1. The minimum Gasteiger partial charge on any atom is -0.293 e. The number of halogens is 1. The lowest BCUT2D eigenvalue weighted by atomic mass is 10.3. The summed E-state index contributed by atoms with van der Waals surface area (Å²) in [5.41, 5.74) is 0.523. The SMILES string of the molecule is CC(=O)c1csc(-c2cc(Cl)cs2)n1. The van der Waals surface area contributed by atoms with Gasteiger partial charge in [0.2, 0.25) is 0 Å². The van der Waals surface area contributed by atoms with Crippen molar-refractivity contribution in [2.24, 2.45) is 0 Å². The van der Waals surface area contributed by atoms with E-state index in [1.54, 1.807) is 5.38 Å². The summed E-state index contributed by atoms with van der Waals surface area (Å²) in [5, 5.41) is 5.19. The van der Waals surface area contributed by atoms with Crippen LogP contribution in [0.15, 0.2) is 16.8 Å². The molecule has 5 heteroatoms. The number of hydrogen-bond donors (Lipinski definition) is 0. The van der Waals surface area contributed by atoms with Gasteiger partial charge in [-0.05, 0) is 6.07 Å². The van der Waals surface area contributed by atoms with Gasteiger partial charge in [0.25, 0.3) is 0 Å². The van der Waals surface area contributed by atoms with E-state index in [9.17, 15) is 4.79 Å². The molecule has 0 saturated carbocycles. The Morgan fingerprint density at radius 2 is 2.21 bits per heavy atom. The Labute approximate surface area is 94.2 Å². The lowest BCUT2D eigenvalue weighted by molar-refractivity contribution is 0.101. The van der Waals surface area contributed by atoms with Crippen molar-refractivity contribution in [2.45, 2.75) is 6.92 Å². The molecule has 0 fully saturated rings. The highest BCUT2D eigenvalue weighted by molar-refractivity contribution is 7.20. The second kappa shape index (κ2) is 3.81. The fraction of sp³-hybridized carbons (Fsp3) is 0.111. The van der Waals surface area contributed by atoms with Crippen molar-refractivity contribution in [1.29, 1.82) is 0 Å². The molecule has 0 N–H and O–H groups in total. The third-order valence-corrected chi connectivity index (χ3v) is 3.93. The molecule has 0 spiro atoms. The van der Waals surface area contributed by atoms with Crippen LogP contribution in [0.5, 0.6) is 0 Å². The molecule has 0 unspecified atom stereocenters. The highest BCUT2D eigenvalue weighted by Gasteiger charge is 2.09. The summed E-state index contributed by atoms with van der Waals surface area (Å²) < 4.78 is 0. The molecule has 2 rings (SSSR count). The first-order chi connectivity index (χ1) is 6.66. The topological polar surface area (TPSA) is 30.0 Å². The number of thiophene rings is 1. The van der Waals surface area contributed by atoms with E-state index in [0.717, 1.165) is 9.88 Å². The van der Waals surface area contributed by atoms with Crippen molar-refractivity contribution in [3.8, 4) is 9.88 Å². The molecule has 0 bridgehead atoms. The number of carbonyl (C=O) groups excluding carboxylic acids is 1. The summed E-state index contributed by atoms with van der Waals surface area (Å²) in [5.74, 6) is -0.00449. The Morgan fingerprint density at radius 1 is 1.43 bits per heavy atom. The van der Waals surface area contributed by atoms with Gasteiger partial charge < -0.3 is 0 Å². The minimum absolute atomic E-state index is 0.00449. The number of aromatic nitrogens is 1. The van der Waals surface area contributed by atoms with Crippen molar-refractivity contribution >= 4 is 40.1 Å². The molecule has 2 nitrogen and oxygen atoms in total. The van der Waals surface area contributed by atoms with Crippen LogP contribution in [-0.4, -0.2) is 10.8 Å². The molecule has 0 saturated heterocycles. The summed E-state index contributed by atoms with van der Waals surface area (Å²) >= 11 is 8.80. The second-order valence-electron chi connectivity index (χ2n) is 2.72. The number of thiazole rings is 1. The summed E-state index contributed by atoms with van der Waals surface area (Å²) in [6, 6.07) is 1.86. The van der Waals surface area contributed by atoms with Crippen LogP contribution in [0.4, 0.5) is 0 Å². The average molecular weight is 244 g/mol. The Balaban J connectivity index is 2.38. The predicted octanol–water partition coefficient (Wildman–Crippen LogP) is 3.73.